The molecule has 0 aromatic carbocycles. The van der Waals surface area contributed by atoms with Gasteiger partial charge in [-0.05, 0) is 69.8 Å². The summed E-state index contributed by atoms with van der Waals surface area (Å²) in [6, 6.07) is 6.91. The number of halogens is 2. The molecular formula is C20H25F2N5OS. The summed E-state index contributed by atoms with van der Waals surface area (Å²) in [5, 5.41) is 0.318. The van der Waals surface area contributed by atoms with Gasteiger partial charge in [-0.3, -0.25) is 9.52 Å². The van der Waals surface area contributed by atoms with E-state index in [0.717, 1.165) is 31.2 Å². The number of pyridine rings is 2. The molecule has 1 unspecified atom stereocenters. The lowest BCUT2D eigenvalue weighted by molar-refractivity contribution is 0.0984. The van der Waals surface area contributed by atoms with Gasteiger partial charge in [0.05, 0.1) is 5.56 Å². The van der Waals surface area contributed by atoms with Gasteiger partial charge in [0.2, 0.25) is 11.9 Å². The smallest absolute Gasteiger partial charge is 0.265 e. The average Bonchev–Trinajstić information content (AvgIpc) is 2.98. The van der Waals surface area contributed by atoms with Crippen molar-refractivity contribution in [3.63, 3.8) is 0 Å². The highest BCUT2D eigenvalue weighted by molar-refractivity contribution is 7.97. The number of carbonyl (C=O) groups is 1. The van der Waals surface area contributed by atoms with Crippen molar-refractivity contribution < 1.29 is 13.6 Å². The van der Waals surface area contributed by atoms with Gasteiger partial charge in [-0.1, -0.05) is 6.07 Å². The molecule has 1 atom stereocenters. The number of hydrogen-bond acceptors (Lipinski definition) is 6. The van der Waals surface area contributed by atoms with Gasteiger partial charge in [0.25, 0.3) is 5.91 Å². The molecule has 1 aliphatic rings. The summed E-state index contributed by atoms with van der Waals surface area (Å²) in [5.74, 6) is -0.992. The van der Waals surface area contributed by atoms with Crippen LogP contribution in [0.4, 0.5) is 14.6 Å². The normalized spacial score (nSPS) is 18.1. The van der Waals surface area contributed by atoms with Crippen molar-refractivity contribution in [2.75, 3.05) is 18.0 Å². The monoisotopic (exact) mass is 421 g/mol. The molecule has 6 nitrogen and oxygen atoms in total. The molecule has 2 aromatic heterocycles. The van der Waals surface area contributed by atoms with Gasteiger partial charge < -0.3 is 10.6 Å². The van der Waals surface area contributed by atoms with Crippen molar-refractivity contribution >= 4 is 23.7 Å². The zero-order valence-corrected chi connectivity index (χ0v) is 17.3. The molecule has 1 saturated heterocycles. The number of carbonyl (C=O) groups excluding carboxylic acids is 1. The molecule has 9 heteroatoms. The second-order valence-electron chi connectivity index (χ2n) is 7.76. The number of rotatable bonds is 7. The zero-order chi connectivity index (χ0) is 21.0. The SMILES string of the molecule is CC1(C)CC(CCCN)CN1c1nc(F)ccc1C(=O)NSc1cccc(F)n1. The third-order valence-corrected chi connectivity index (χ3v) is 5.78. The summed E-state index contributed by atoms with van der Waals surface area (Å²) in [5.41, 5.74) is 5.63. The van der Waals surface area contributed by atoms with E-state index in [0.29, 0.717) is 29.9 Å². The lowest BCUT2D eigenvalue weighted by Gasteiger charge is -2.33. The molecule has 3 rings (SSSR count). The molecule has 1 aliphatic heterocycles. The fourth-order valence-electron chi connectivity index (χ4n) is 3.77. The minimum atomic E-state index is -0.641. The van der Waals surface area contributed by atoms with Crippen LogP contribution in [0.3, 0.4) is 0 Å². The van der Waals surface area contributed by atoms with Crippen molar-refractivity contribution in [3.8, 4) is 0 Å². The zero-order valence-electron chi connectivity index (χ0n) is 16.5. The maximum absolute atomic E-state index is 14.0. The second kappa shape index (κ2) is 9.04. The Labute approximate surface area is 173 Å². The molecule has 0 radical (unpaired) electrons. The first kappa shape index (κ1) is 21.4. The molecule has 0 saturated carbocycles. The minimum absolute atomic E-state index is 0.267. The summed E-state index contributed by atoms with van der Waals surface area (Å²) in [4.78, 5) is 22.5. The summed E-state index contributed by atoms with van der Waals surface area (Å²) >= 11 is 0.900. The number of hydrogen-bond donors (Lipinski definition) is 2. The number of nitrogens with one attached hydrogen (secondary N) is 1. The fraction of sp³-hybridized carbons (Fsp3) is 0.450. The highest BCUT2D eigenvalue weighted by Gasteiger charge is 2.40. The summed E-state index contributed by atoms with van der Waals surface area (Å²) in [6.45, 7) is 5.45. The highest BCUT2D eigenvalue weighted by atomic mass is 32.2. The first-order valence-corrected chi connectivity index (χ1v) is 10.4. The van der Waals surface area contributed by atoms with E-state index in [2.05, 4.69) is 28.5 Å². The van der Waals surface area contributed by atoms with E-state index in [9.17, 15) is 13.6 Å². The van der Waals surface area contributed by atoms with Crippen LogP contribution in [0.1, 0.15) is 43.5 Å². The van der Waals surface area contributed by atoms with Gasteiger partial charge in [0.1, 0.15) is 10.8 Å². The Hall–Kier alpha value is -2.26. The highest BCUT2D eigenvalue weighted by Crippen LogP contribution is 2.39. The Morgan fingerprint density at radius 2 is 2.03 bits per heavy atom. The molecule has 0 aliphatic carbocycles. The topological polar surface area (TPSA) is 84.1 Å². The van der Waals surface area contributed by atoms with Crippen LogP contribution in [-0.2, 0) is 0 Å². The first-order valence-electron chi connectivity index (χ1n) is 9.54. The van der Waals surface area contributed by atoms with Crippen LogP contribution in [0, 0.1) is 17.8 Å². The fourth-order valence-corrected chi connectivity index (χ4v) is 4.35. The predicted octanol–water partition coefficient (Wildman–Crippen LogP) is 3.54. The van der Waals surface area contributed by atoms with Crippen LogP contribution in [0.5, 0.6) is 0 Å². The van der Waals surface area contributed by atoms with Gasteiger partial charge in [-0.2, -0.15) is 8.78 Å². The second-order valence-corrected chi connectivity index (χ2v) is 8.59. The number of anilines is 1. The van der Waals surface area contributed by atoms with Crippen LogP contribution in [0.25, 0.3) is 0 Å². The maximum atomic E-state index is 14.0. The third-order valence-electron chi connectivity index (χ3n) is 5.06. The van der Waals surface area contributed by atoms with Crippen LogP contribution in [0.2, 0.25) is 0 Å². The lowest BCUT2D eigenvalue weighted by Crippen LogP contribution is -2.40. The van der Waals surface area contributed by atoms with Crippen LogP contribution < -0.4 is 15.4 Å². The molecule has 0 bridgehead atoms. The predicted molar refractivity (Wildman–Crippen MR) is 110 cm³/mol. The van der Waals surface area contributed by atoms with Gasteiger partial charge in [-0.15, -0.1) is 0 Å². The number of amides is 1. The van der Waals surface area contributed by atoms with Gasteiger partial charge in [0, 0.05) is 24.0 Å². The number of nitrogens with zero attached hydrogens (tertiary/aromatic N) is 3. The maximum Gasteiger partial charge on any atom is 0.265 e. The molecule has 0 spiro atoms. The molecule has 3 N–H and O–H groups in total. The van der Waals surface area contributed by atoms with Crippen LogP contribution >= 0.6 is 11.9 Å². The van der Waals surface area contributed by atoms with Gasteiger partial charge >= 0.3 is 0 Å². The molecule has 1 fully saturated rings. The Morgan fingerprint density at radius 3 is 2.76 bits per heavy atom. The van der Waals surface area contributed by atoms with Crippen molar-refractivity contribution in [2.45, 2.75) is 43.7 Å². The molecular weight excluding hydrogens is 396 g/mol. The summed E-state index contributed by atoms with van der Waals surface area (Å²) in [7, 11) is 0. The average molecular weight is 422 g/mol. The number of aromatic nitrogens is 2. The molecule has 2 aromatic rings. The van der Waals surface area contributed by atoms with E-state index < -0.39 is 17.8 Å². The summed E-state index contributed by atoms with van der Waals surface area (Å²) < 4.78 is 29.8. The van der Waals surface area contributed by atoms with Crippen molar-refractivity contribution in [1.82, 2.24) is 14.7 Å². The van der Waals surface area contributed by atoms with Crippen molar-refractivity contribution in [3.05, 3.63) is 47.8 Å². The first-order chi connectivity index (χ1) is 13.8. The lowest BCUT2D eigenvalue weighted by atomic mass is 9.93. The molecule has 1 amide bonds. The minimum Gasteiger partial charge on any atom is -0.350 e. The van der Waals surface area contributed by atoms with Crippen LogP contribution in [0.15, 0.2) is 35.4 Å². The van der Waals surface area contributed by atoms with Gasteiger partial charge in [-0.25, -0.2) is 9.97 Å². The largest absolute Gasteiger partial charge is 0.350 e. The van der Waals surface area contributed by atoms with E-state index in [4.69, 9.17) is 5.73 Å². The van der Waals surface area contributed by atoms with Crippen molar-refractivity contribution in [1.29, 1.82) is 0 Å². The Balaban J connectivity index is 1.81. The van der Waals surface area contributed by atoms with Gasteiger partial charge in [0.15, 0.2) is 0 Å². The number of nitrogens with two attached hydrogens (primary N) is 1. The van der Waals surface area contributed by atoms with E-state index in [1.165, 1.54) is 24.3 Å². The summed E-state index contributed by atoms with van der Waals surface area (Å²) in [6.07, 6.45) is 2.82. The van der Waals surface area contributed by atoms with E-state index >= 15 is 0 Å². The van der Waals surface area contributed by atoms with Crippen molar-refractivity contribution in [2.24, 2.45) is 11.7 Å². The molecule has 3 heterocycles. The quantitative estimate of drug-likeness (QED) is 0.526. The van der Waals surface area contributed by atoms with E-state index in [-0.39, 0.29) is 11.1 Å². The molecule has 156 valence electrons. The van der Waals surface area contributed by atoms with Crippen LogP contribution in [-0.4, -0.2) is 34.5 Å². The van der Waals surface area contributed by atoms with E-state index in [1.54, 1.807) is 6.07 Å². The Bertz CT molecular complexity index is 880. The van der Waals surface area contributed by atoms with E-state index in [1.807, 2.05) is 4.90 Å². The molecule has 29 heavy (non-hydrogen) atoms. The third kappa shape index (κ3) is 5.22. The standard InChI is InChI=1S/C20H25F2N5OS/c1-20(2)11-13(5-4-10-23)12-27(20)18-14(8-9-16(22)25-18)19(28)26-29-17-7-3-6-15(21)24-17/h3,6-9,13H,4-5,10-12,23H2,1-2H3,(H,26,28). The Morgan fingerprint density at radius 1 is 1.28 bits per heavy atom. The Kier molecular flexibility index (Phi) is 6.69.